The summed E-state index contributed by atoms with van der Waals surface area (Å²) in [6.07, 6.45) is 5.64. The molecule has 2 aromatic heterocycles. The first-order valence-electron chi connectivity index (χ1n) is 17.3. The minimum atomic E-state index is -0.659. The van der Waals surface area contributed by atoms with E-state index in [4.69, 9.17) is 9.47 Å². The number of aliphatic hydroxyl groups is 1. The van der Waals surface area contributed by atoms with E-state index in [9.17, 15) is 9.90 Å². The maximum Gasteiger partial charge on any atom is 0.350 e. The molecule has 0 saturated carbocycles. The van der Waals surface area contributed by atoms with E-state index in [0.29, 0.717) is 26.2 Å². The van der Waals surface area contributed by atoms with Crippen LogP contribution < -0.4 is 20.2 Å². The number of hydrogen-bond donors (Lipinski definition) is 1. The topological polar surface area (TPSA) is 116 Å². The number of anilines is 2. The van der Waals surface area contributed by atoms with E-state index < -0.39 is 11.7 Å². The molecule has 1 N–H and O–H groups in total. The standard InChI is InChI=1S/C37H42I2N8O4/c1-3-35(26(2)48)47-36(49)46(25-42-47)31-7-5-29(6-8-31)43-14-16-44(17-15-43)30-9-11-32(12-10-30)50-20-27-19-37(51-21-27,22-45-24-40-23-41-45)33-13-4-28(38)18-34(33)39/h4-13,18,23-27,35,48H,3,14-17,19-22H2,1-2H3/t26-,27+,35-,37-/m0/s1. The smallest absolute Gasteiger partial charge is 0.350 e. The van der Waals surface area contributed by atoms with Gasteiger partial charge in [0.25, 0.3) is 0 Å². The first-order valence-corrected chi connectivity index (χ1v) is 19.5. The zero-order chi connectivity index (χ0) is 35.5. The minimum absolute atomic E-state index is 0.243. The Labute approximate surface area is 324 Å². The average Bonchev–Trinajstić information content (AvgIpc) is 3.90. The fourth-order valence-corrected chi connectivity index (χ4v) is 9.33. The number of nitrogens with zero attached hydrogens (tertiary/aromatic N) is 8. The van der Waals surface area contributed by atoms with Crippen molar-refractivity contribution >= 4 is 56.6 Å². The number of rotatable bonds is 12. The van der Waals surface area contributed by atoms with Gasteiger partial charge >= 0.3 is 5.69 Å². The molecular weight excluding hydrogens is 874 g/mol. The molecule has 4 heterocycles. The SMILES string of the molecule is CC[C@@H]([C@H](C)O)n1ncn(-c2ccc(N3CCN(c4ccc(OC[C@@H]5CO[C@@](Cn6cncn6)(c6ccc(I)cc6I)C5)cc4)CC3)cc2)c1=O. The van der Waals surface area contributed by atoms with Gasteiger partial charge in [0.2, 0.25) is 0 Å². The van der Waals surface area contributed by atoms with Crippen molar-refractivity contribution in [2.24, 2.45) is 5.92 Å². The van der Waals surface area contributed by atoms with Gasteiger partial charge < -0.3 is 24.4 Å². The summed E-state index contributed by atoms with van der Waals surface area (Å²) < 4.78 is 20.1. The van der Waals surface area contributed by atoms with Crippen LogP contribution in [0.25, 0.3) is 5.69 Å². The number of hydrogen-bond acceptors (Lipinski definition) is 9. The van der Waals surface area contributed by atoms with Crippen LogP contribution in [0, 0.1) is 13.1 Å². The van der Waals surface area contributed by atoms with E-state index in [0.717, 1.165) is 49.7 Å². The van der Waals surface area contributed by atoms with Crippen LogP contribution in [0.4, 0.5) is 11.4 Å². The molecule has 0 aliphatic carbocycles. The number of ether oxygens (including phenoxy) is 2. The second-order valence-corrected chi connectivity index (χ2v) is 15.7. The molecule has 12 nitrogen and oxygen atoms in total. The van der Waals surface area contributed by atoms with Gasteiger partial charge in [-0.25, -0.2) is 23.7 Å². The van der Waals surface area contributed by atoms with E-state index in [2.05, 4.69) is 125 Å². The van der Waals surface area contributed by atoms with Gasteiger partial charge in [-0.15, -0.1) is 0 Å². The summed E-state index contributed by atoms with van der Waals surface area (Å²) in [6.45, 7) is 9.00. The van der Waals surface area contributed by atoms with Crippen LogP contribution in [0.3, 0.4) is 0 Å². The summed E-state index contributed by atoms with van der Waals surface area (Å²) in [5.74, 6) is 1.10. The predicted octanol–water partition coefficient (Wildman–Crippen LogP) is 5.50. The summed E-state index contributed by atoms with van der Waals surface area (Å²) in [5.41, 5.74) is 3.50. The molecule has 14 heteroatoms. The first-order chi connectivity index (χ1) is 24.7. The summed E-state index contributed by atoms with van der Waals surface area (Å²) >= 11 is 4.76. The highest BCUT2D eigenvalue weighted by Gasteiger charge is 2.44. The van der Waals surface area contributed by atoms with E-state index in [1.165, 1.54) is 34.0 Å². The lowest BCUT2D eigenvalue weighted by Crippen LogP contribution is -2.46. The fraction of sp³-hybridized carbons (Fsp3) is 0.405. The van der Waals surface area contributed by atoms with Gasteiger partial charge in [-0.2, -0.15) is 10.2 Å². The zero-order valence-electron chi connectivity index (χ0n) is 28.7. The number of benzene rings is 3. The Balaban J connectivity index is 0.923. The van der Waals surface area contributed by atoms with Crippen molar-refractivity contribution in [2.45, 2.75) is 51.0 Å². The lowest BCUT2D eigenvalue weighted by atomic mass is 9.87. The van der Waals surface area contributed by atoms with Gasteiger partial charge in [-0.1, -0.05) is 13.0 Å². The maximum absolute atomic E-state index is 13.0. The Bertz CT molecular complexity index is 1960. The molecule has 0 unspecified atom stereocenters. The molecule has 4 atom stereocenters. The van der Waals surface area contributed by atoms with Gasteiger partial charge in [0.05, 0.1) is 37.6 Å². The molecule has 268 valence electrons. The van der Waals surface area contributed by atoms with E-state index in [1.54, 1.807) is 19.6 Å². The third-order valence-corrected chi connectivity index (χ3v) is 11.5. The van der Waals surface area contributed by atoms with Crippen LogP contribution in [0.15, 0.2) is 90.5 Å². The lowest BCUT2D eigenvalue weighted by molar-refractivity contribution is -0.0186. The highest BCUT2D eigenvalue weighted by Crippen LogP contribution is 2.43. The van der Waals surface area contributed by atoms with Gasteiger partial charge in [0, 0.05) is 50.6 Å². The van der Waals surface area contributed by atoms with Gasteiger partial charge in [-0.05, 0) is 131 Å². The van der Waals surface area contributed by atoms with Crippen LogP contribution in [-0.2, 0) is 16.9 Å². The number of aromatic nitrogens is 6. The van der Waals surface area contributed by atoms with Crippen LogP contribution >= 0.6 is 45.2 Å². The normalized spacial score (nSPS) is 20.5. The van der Waals surface area contributed by atoms with Crippen molar-refractivity contribution in [2.75, 3.05) is 49.2 Å². The summed E-state index contributed by atoms with van der Waals surface area (Å²) in [7, 11) is 0. The molecule has 0 bridgehead atoms. The van der Waals surface area contributed by atoms with Crippen molar-refractivity contribution in [1.82, 2.24) is 29.1 Å². The van der Waals surface area contributed by atoms with Crippen molar-refractivity contribution in [1.29, 1.82) is 0 Å². The van der Waals surface area contributed by atoms with Crippen molar-refractivity contribution in [3.05, 3.63) is 109 Å². The van der Waals surface area contributed by atoms with Gasteiger partial charge in [0.1, 0.15) is 30.3 Å². The summed E-state index contributed by atoms with van der Waals surface area (Å²) in [5, 5.41) is 18.7. The molecule has 2 aliphatic rings. The van der Waals surface area contributed by atoms with Crippen LogP contribution in [0.2, 0.25) is 0 Å². The van der Waals surface area contributed by atoms with Crippen LogP contribution in [0.5, 0.6) is 5.75 Å². The maximum atomic E-state index is 13.0. The highest BCUT2D eigenvalue weighted by molar-refractivity contribution is 14.1. The zero-order valence-corrected chi connectivity index (χ0v) is 33.0. The Hall–Kier alpha value is -3.48. The quantitative estimate of drug-likeness (QED) is 0.162. The average molecular weight is 917 g/mol. The number of piperazine rings is 1. The molecule has 3 aromatic carbocycles. The predicted molar refractivity (Wildman–Crippen MR) is 213 cm³/mol. The molecule has 0 radical (unpaired) electrons. The molecule has 7 rings (SSSR count). The third-order valence-electron chi connectivity index (χ3n) is 9.96. The van der Waals surface area contributed by atoms with Crippen molar-refractivity contribution in [3.63, 3.8) is 0 Å². The van der Waals surface area contributed by atoms with Gasteiger partial charge in [-0.3, -0.25) is 0 Å². The molecular formula is C37H42I2N8O4. The minimum Gasteiger partial charge on any atom is -0.493 e. The Kier molecular flexibility index (Phi) is 11.0. The van der Waals surface area contributed by atoms with Crippen LogP contribution in [0.1, 0.15) is 38.3 Å². The van der Waals surface area contributed by atoms with Crippen molar-refractivity contribution in [3.8, 4) is 11.4 Å². The Morgan fingerprint density at radius 1 is 0.941 bits per heavy atom. The Morgan fingerprint density at radius 2 is 1.61 bits per heavy atom. The second-order valence-electron chi connectivity index (χ2n) is 13.3. The number of halogens is 2. The van der Waals surface area contributed by atoms with Gasteiger partial charge in [0.15, 0.2) is 0 Å². The largest absolute Gasteiger partial charge is 0.493 e. The first kappa shape index (κ1) is 35.9. The molecule has 5 aromatic rings. The second kappa shape index (κ2) is 15.6. The third kappa shape index (κ3) is 7.83. The Morgan fingerprint density at radius 3 is 2.22 bits per heavy atom. The molecule has 0 spiro atoms. The molecule has 0 amide bonds. The number of aliphatic hydroxyl groups excluding tert-OH is 1. The molecule has 51 heavy (non-hydrogen) atoms. The molecule has 2 saturated heterocycles. The van der Waals surface area contributed by atoms with Crippen LogP contribution in [-0.4, -0.2) is 79.7 Å². The highest BCUT2D eigenvalue weighted by atomic mass is 127. The molecule has 2 aliphatic heterocycles. The summed E-state index contributed by atoms with van der Waals surface area (Å²) in [4.78, 5) is 21.9. The fourth-order valence-electron chi connectivity index (χ4n) is 7.24. The molecule has 2 fully saturated rings. The van der Waals surface area contributed by atoms with Crippen molar-refractivity contribution < 1.29 is 14.6 Å². The van der Waals surface area contributed by atoms with E-state index >= 15 is 0 Å². The monoisotopic (exact) mass is 916 g/mol. The van der Waals surface area contributed by atoms with E-state index in [1.807, 2.05) is 23.7 Å². The lowest BCUT2D eigenvalue weighted by Gasteiger charge is -2.37. The summed E-state index contributed by atoms with van der Waals surface area (Å²) in [6, 6.07) is 22.6. The van der Waals surface area contributed by atoms with E-state index in [-0.39, 0.29) is 17.6 Å².